The van der Waals surface area contributed by atoms with Crippen LogP contribution in [-0.4, -0.2) is 55.7 Å². The Hall–Kier alpha value is -3.46. The predicted octanol–water partition coefficient (Wildman–Crippen LogP) is 3.31. The molecule has 2 N–H and O–H groups in total. The maximum Gasteiger partial charge on any atom is 0.259 e. The van der Waals surface area contributed by atoms with E-state index in [1.54, 1.807) is 4.68 Å². The number of hydrogen-bond acceptors (Lipinski definition) is 6. The highest BCUT2D eigenvalue weighted by molar-refractivity contribution is 6.13. The molecular weight excluding hydrogens is 428 g/mol. The monoisotopic (exact) mass is 460 g/mol. The first kappa shape index (κ1) is 22.3. The highest BCUT2D eigenvalue weighted by atomic mass is 16.1. The summed E-state index contributed by atoms with van der Waals surface area (Å²) in [5, 5.41) is 12.2. The molecule has 9 heteroatoms. The topological polar surface area (TPSA) is 92.4 Å². The fourth-order valence-corrected chi connectivity index (χ4v) is 5.14. The summed E-state index contributed by atoms with van der Waals surface area (Å²) in [6.07, 6.45) is 6.82. The highest BCUT2D eigenvalue weighted by Crippen LogP contribution is 2.32. The smallest absolute Gasteiger partial charge is 0.259 e. The molecule has 9 nitrogen and oxygen atoms in total. The number of carbonyl (C=O) groups is 1. The normalized spacial score (nSPS) is 18.7. The van der Waals surface area contributed by atoms with Crippen molar-refractivity contribution in [1.82, 2.24) is 29.5 Å². The SMILES string of the molecule is CCNC1CCN(c2ccc(C(=O)Nc3cn4cc(C)nc(C)c4n3)c3nn(C)cc23)CC1C. The van der Waals surface area contributed by atoms with E-state index in [2.05, 4.69) is 50.5 Å². The number of benzene rings is 1. The van der Waals surface area contributed by atoms with E-state index in [1.165, 1.54) is 0 Å². The van der Waals surface area contributed by atoms with Gasteiger partial charge in [0, 0.05) is 49.6 Å². The lowest BCUT2D eigenvalue weighted by atomic mass is 9.93. The van der Waals surface area contributed by atoms with Crippen LogP contribution >= 0.6 is 0 Å². The average molecular weight is 461 g/mol. The van der Waals surface area contributed by atoms with Crippen LogP contribution < -0.4 is 15.5 Å². The maximum atomic E-state index is 13.3. The van der Waals surface area contributed by atoms with Crippen LogP contribution in [0.25, 0.3) is 16.6 Å². The summed E-state index contributed by atoms with van der Waals surface area (Å²) in [6, 6.07) is 4.48. The Morgan fingerprint density at radius 3 is 2.76 bits per heavy atom. The number of imidazole rings is 1. The zero-order valence-electron chi connectivity index (χ0n) is 20.5. The molecule has 4 heterocycles. The van der Waals surface area contributed by atoms with Crippen LogP contribution in [0.2, 0.25) is 0 Å². The number of fused-ring (bicyclic) bond motifs is 2. The second-order valence-corrected chi connectivity index (χ2v) is 9.35. The third-order valence-corrected chi connectivity index (χ3v) is 6.69. The number of aryl methyl sites for hydroxylation is 3. The van der Waals surface area contributed by atoms with E-state index < -0.39 is 0 Å². The Kier molecular flexibility index (Phi) is 5.73. The molecule has 1 aliphatic rings. The van der Waals surface area contributed by atoms with Crippen molar-refractivity contribution in [2.75, 3.05) is 29.9 Å². The van der Waals surface area contributed by atoms with Crippen LogP contribution in [-0.2, 0) is 7.05 Å². The Morgan fingerprint density at radius 2 is 2.00 bits per heavy atom. The largest absolute Gasteiger partial charge is 0.371 e. The van der Waals surface area contributed by atoms with Crippen LogP contribution in [0, 0.1) is 19.8 Å². The molecule has 1 fully saturated rings. The number of aromatic nitrogens is 5. The number of hydrogen-bond donors (Lipinski definition) is 2. The van der Waals surface area contributed by atoms with Gasteiger partial charge in [0.25, 0.3) is 5.91 Å². The standard InChI is InChI=1S/C25H32N8O/c1-6-26-20-9-10-32(11-15(20)2)21-8-7-18(23-19(21)13-31(5)30-23)25(34)29-22-14-33-12-16(3)27-17(4)24(33)28-22/h7-8,12-15,20,26H,6,9-11H2,1-5H3,(H,29,34). The Bertz CT molecular complexity index is 1370. The van der Waals surface area contributed by atoms with Gasteiger partial charge in [-0.3, -0.25) is 14.5 Å². The van der Waals surface area contributed by atoms with Gasteiger partial charge in [-0.1, -0.05) is 13.8 Å². The summed E-state index contributed by atoms with van der Waals surface area (Å²) in [4.78, 5) is 24.7. The fourth-order valence-electron chi connectivity index (χ4n) is 5.14. The second kappa shape index (κ2) is 8.72. The van der Waals surface area contributed by atoms with E-state index in [1.807, 2.05) is 50.0 Å². The number of carbonyl (C=O) groups excluding carboxylic acids is 1. The van der Waals surface area contributed by atoms with Crippen molar-refractivity contribution in [3.63, 3.8) is 0 Å². The van der Waals surface area contributed by atoms with Crippen molar-refractivity contribution >= 4 is 34.0 Å². The van der Waals surface area contributed by atoms with E-state index >= 15 is 0 Å². The Labute approximate surface area is 199 Å². The van der Waals surface area contributed by atoms with Crippen LogP contribution in [0.5, 0.6) is 0 Å². The van der Waals surface area contributed by atoms with Gasteiger partial charge in [0.05, 0.1) is 23.1 Å². The molecule has 1 saturated heterocycles. The van der Waals surface area contributed by atoms with Crippen LogP contribution in [0.4, 0.5) is 11.5 Å². The van der Waals surface area contributed by atoms with Gasteiger partial charge in [-0.05, 0) is 44.9 Å². The molecule has 0 saturated carbocycles. The third kappa shape index (κ3) is 4.00. The molecule has 3 aromatic heterocycles. The highest BCUT2D eigenvalue weighted by Gasteiger charge is 2.27. The minimum atomic E-state index is -0.222. The molecule has 0 bridgehead atoms. The molecule has 0 spiro atoms. The molecule has 2 unspecified atom stereocenters. The molecule has 34 heavy (non-hydrogen) atoms. The number of nitrogens with one attached hydrogen (secondary N) is 2. The van der Waals surface area contributed by atoms with Gasteiger partial charge in [-0.2, -0.15) is 5.10 Å². The minimum Gasteiger partial charge on any atom is -0.371 e. The van der Waals surface area contributed by atoms with E-state index in [9.17, 15) is 4.79 Å². The van der Waals surface area contributed by atoms with Crippen molar-refractivity contribution in [1.29, 1.82) is 0 Å². The summed E-state index contributed by atoms with van der Waals surface area (Å²) < 4.78 is 3.67. The van der Waals surface area contributed by atoms with Gasteiger partial charge in [-0.25, -0.2) is 4.98 Å². The van der Waals surface area contributed by atoms with Crippen molar-refractivity contribution < 1.29 is 4.79 Å². The minimum absolute atomic E-state index is 0.222. The predicted molar refractivity (Wildman–Crippen MR) is 135 cm³/mol. The van der Waals surface area contributed by atoms with E-state index in [0.29, 0.717) is 28.9 Å². The zero-order valence-corrected chi connectivity index (χ0v) is 20.5. The second-order valence-electron chi connectivity index (χ2n) is 9.35. The van der Waals surface area contributed by atoms with Crippen molar-refractivity contribution in [2.45, 2.75) is 40.2 Å². The summed E-state index contributed by atoms with van der Waals surface area (Å²) in [7, 11) is 1.89. The van der Waals surface area contributed by atoms with Gasteiger partial charge >= 0.3 is 0 Å². The molecule has 178 valence electrons. The van der Waals surface area contributed by atoms with E-state index in [0.717, 1.165) is 54.2 Å². The quantitative estimate of drug-likeness (QED) is 0.475. The third-order valence-electron chi connectivity index (χ3n) is 6.69. The number of piperidine rings is 1. The number of anilines is 2. The average Bonchev–Trinajstić information content (AvgIpc) is 3.37. The summed E-state index contributed by atoms with van der Waals surface area (Å²) in [5.41, 5.74) is 4.83. The number of rotatable bonds is 5. The Balaban J connectivity index is 1.44. The Morgan fingerprint density at radius 1 is 1.18 bits per heavy atom. The molecule has 1 amide bonds. The number of nitrogens with zero attached hydrogens (tertiary/aromatic N) is 6. The molecule has 0 radical (unpaired) electrons. The molecular formula is C25H32N8O. The van der Waals surface area contributed by atoms with Gasteiger partial charge in [0.1, 0.15) is 5.52 Å². The first-order chi connectivity index (χ1) is 16.3. The lowest BCUT2D eigenvalue weighted by Gasteiger charge is -2.39. The van der Waals surface area contributed by atoms with Crippen molar-refractivity contribution in [3.8, 4) is 0 Å². The first-order valence-electron chi connectivity index (χ1n) is 11.9. The van der Waals surface area contributed by atoms with Crippen LogP contribution in [0.15, 0.2) is 30.7 Å². The molecule has 1 aromatic carbocycles. The van der Waals surface area contributed by atoms with Crippen molar-refractivity contribution in [2.24, 2.45) is 13.0 Å². The summed E-state index contributed by atoms with van der Waals surface area (Å²) in [5.74, 6) is 0.813. The molecule has 1 aliphatic heterocycles. The zero-order chi connectivity index (χ0) is 24.0. The first-order valence-corrected chi connectivity index (χ1v) is 11.9. The molecule has 0 aliphatic carbocycles. The maximum absolute atomic E-state index is 13.3. The van der Waals surface area contributed by atoms with Crippen LogP contribution in [0.3, 0.4) is 0 Å². The van der Waals surface area contributed by atoms with Gasteiger partial charge < -0.3 is 19.9 Å². The van der Waals surface area contributed by atoms with E-state index in [-0.39, 0.29) is 5.91 Å². The summed E-state index contributed by atoms with van der Waals surface area (Å²) in [6.45, 7) is 11.3. The van der Waals surface area contributed by atoms with Gasteiger partial charge in [-0.15, -0.1) is 0 Å². The fraction of sp³-hybridized carbons (Fsp3) is 0.440. The van der Waals surface area contributed by atoms with Crippen LogP contribution in [0.1, 0.15) is 42.0 Å². The molecule has 5 rings (SSSR count). The van der Waals surface area contributed by atoms with E-state index in [4.69, 9.17) is 0 Å². The van der Waals surface area contributed by atoms with Gasteiger partial charge in [0.15, 0.2) is 11.5 Å². The lowest BCUT2D eigenvalue weighted by Crippen LogP contribution is -2.48. The summed E-state index contributed by atoms with van der Waals surface area (Å²) >= 11 is 0. The molecule has 4 aromatic rings. The molecule has 2 atom stereocenters. The van der Waals surface area contributed by atoms with Crippen molar-refractivity contribution in [3.05, 3.63) is 47.7 Å². The van der Waals surface area contributed by atoms with Gasteiger partial charge in [0.2, 0.25) is 0 Å². The lowest BCUT2D eigenvalue weighted by molar-refractivity contribution is 0.102. The number of amides is 1.